The summed E-state index contributed by atoms with van der Waals surface area (Å²) in [6.45, 7) is 18.3. The summed E-state index contributed by atoms with van der Waals surface area (Å²) in [6.07, 6.45) is 6.70. The van der Waals surface area contributed by atoms with E-state index >= 15 is 0 Å². The Balaban J connectivity index is -0.00000192. The Morgan fingerprint density at radius 1 is 0.588 bits per heavy atom. The third-order valence-corrected chi connectivity index (χ3v) is 5.84. The molecule has 2 aromatic carbocycles. The molecule has 3 rings (SSSR count). The van der Waals surface area contributed by atoms with Crippen LogP contribution < -0.4 is 54.2 Å². The molecule has 0 atom stereocenters. The fourth-order valence-electron chi connectivity index (χ4n) is 4.24. The normalized spacial score (nSPS) is 10.2. The Labute approximate surface area is 242 Å². The Morgan fingerprint density at radius 2 is 0.941 bits per heavy atom. The van der Waals surface area contributed by atoms with Crippen molar-refractivity contribution in [2.24, 2.45) is 0 Å². The molecule has 2 nitrogen and oxygen atoms in total. The third-order valence-electron chi connectivity index (χ3n) is 5.84. The van der Waals surface area contributed by atoms with E-state index in [1.54, 1.807) is 0 Å². The Morgan fingerprint density at radius 3 is 1.29 bits per heavy atom. The maximum atomic E-state index is 2.33. The van der Waals surface area contributed by atoms with Crippen molar-refractivity contribution in [2.75, 3.05) is 0 Å². The van der Waals surface area contributed by atoms with E-state index in [0.717, 1.165) is 0 Å². The molecule has 3 aromatic rings. The predicted molar refractivity (Wildman–Crippen MR) is 124 cm³/mol. The first-order valence-electron chi connectivity index (χ1n) is 11.1. The van der Waals surface area contributed by atoms with Gasteiger partial charge in [0.1, 0.15) is 23.8 Å². The zero-order chi connectivity index (χ0) is 21.3. The molecule has 0 fully saturated rings. The van der Waals surface area contributed by atoms with Gasteiger partial charge in [-0.05, 0) is 23.7 Å². The van der Waals surface area contributed by atoms with Crippen LogP contribution in [0.3, 0.4) is 0 Å². The second kappa shape index (κ2) is 16.1. The monoisotopic (exact) mass is 585 g/mol. The summed E-state index contributed by atoms with van der Waals surface area (Å²) < 4.78 is 4.65. The number of imidazole rings is 1. The van der Waals surface area contributed by atoms with Crippen molar-refractivity contribution in [3.05, 3.63) is 77.4 Å². The van der Waals surface area contributed by atoms with Crippen LogP contribution in [0.1, 0.15) is 101 Å². The van der Waals surface area contributed by atoms with E-state index in [2.05, 4.69) is 120 Å². The average molecular weight is 587 g/mol. The molecule has 0 bridgehead atoms. The fraction of sp³-hybridized carbons (Fsp3) is 0.444. The molecule has 0 N–H and O–H groups in total. The third kappa shape index (κ3) is 7.92. The fourth-order valence-corrected chi connectivity index (χ4v) is 4.24. The standard InChI is InChI=1S/C27H37N2.4ClH.Fe/c1-18(2)22-11-9-12-23(19(3)4)26(22)28-15-16-29(17-28)27-24(20(5)6)13-10-14-25(27)21(7)8;;;;;/h9-21H,1-8H3;4*1H;/q+1;;;;;+3/p-4. The maximum absolute atomic E-state index is 2.33. The van der Waals surface area contributed by atoms with Gasteiger partial charge in [-0.25, -0.2) is 9.13 Å². The van der Waals surface area contributed by atoms with Crippen LogP contribution in [0.5, 0.6) is 0 Å². The first-order chi connectivity index (χ1) is 13.7. The van der Waals surface area contributed by atoms with Crippen LogP contribution in [0.25, 0.3) is 11.4 Å². The molecule has 1 radical (unpaired) electrons. The summed E-state index contributed by atoms with van der Waals surface area (Å²) >= 11 is 0. The first-order valence-corrected chi connectivity index (χ1v) is 11.1. The van der Waals surface area contributed by atoms with Gasteiger partial charge in [-0.3, -0.25) is 0 Å². The van der Waals surface area contributed by atoms with Crippen LogP contribution >= 0.6 is 0 Å². The van der Waals surface area contributed by atoms with Crippen LogP contribution in [-0.4, -0.2) is 4.57 Å². The minimum atomic E-state index is 0. The predicted octanol–water partition coefficient (Wildman–Crippen LogP) is -4.74. The van der Waals surface area contributed by atoms with E-state index in [9.17, 15) is 0 Å². The quantitative estimate of drug-likeness (QED) is 0.203. The van der Waals surface area contributed by atoms with E-state index in [1.165, 1.54) is 33.6 Å². The largest absolute Gasteiger partial charge is 3.00 e. The molecule has 191 valence electrons. The Bertz CT molecular complexity index is 868. The zero-order valence-corrected chi connectivity index (χ0v) is 25.4. The molecular formula is C27H37Cl4FeN2. The number of para-hydroxylation sites is 2. The summed E-state index contributed by atoms with van der Waals surface area (Å²) in [5.41, 5.74) is 8.29. The average Bonchev–Trinajstić information content (AvgIpc) is 3.15. The molecule has 0 unspecified atom stereocenters. The number of aromatic nitrogens is 2. The molecule has 34 heavy (non-hydrogen) atoms. The minimum absolute atomic E-state index is 0. The molecule has 0 saturated heterocycles. The summed E-state index contributed by atoms with van der Waals surface area (Å²) in [6, 6.07) is 13.5. The van der Waals surface area contributed by atoms with E-state index in [4.69, 9.17) is 0 Å². The number of benzene rings is 2. The van der Waals surface area contributed by atoms with Crippen molar-refractivity contribution in [1.82, 2.24) is 4.57 Å². The molecule has 1 aromatic heterocycles. The SMILES string of the molecule is CC(C)c1cccc(C(C)C)c1-n1cc[n+](-c2c(C(C)C)cccc2C(C)C)c1.[Cl-].[Cl-].[Cl-].[Cl-].[Fe+3]. The van der Waals surface area contributed by atoms with Gasteiger partial charge in [-0.15, -0.1) is 0 Å². The molecule has 0 amide bonds. The second-order valence-electron chi connectivity index (χ2n) is 9.42. The van der Waals surface area contributed by atoms with Gasteiger partial charge in [0.25, 0.3) is 6.33 Å². The van der Waals surface area contributed by atoms with E-state index in [0.29, 0.717) is 23.7 Å². The Hall–Kier alpha value is -0.671. The van der Waals surface area contributed by atoms with E-state index < -0.39 is 0 Å². The van der Waals surface area contributed by atoms with Gasteiger partial charge in [0.2, 0.25) is 0 Å². The number of hydrogen-bond acceptors (Lipinski definition) is 0. The Kier molecular flexibility index (Phi) is 18.0. The molecule has 7 heteroatoms. The molecule has 0 aliphatic heterocycles. The minimum Gasteiger partial charge on any atom is -1.00 e. The van der Waals surface area contributed by atoms with Crippen LogP contribution in [0.15, 0.2) is 55.1 Å². The number of nitrogens with zero attached hydrogens (tertiary/aromatic N) is 2. The summed E-state index contributed by atoms with van der Waals surface area (Å²) in [5, 5.41) is 0. The van der Waals surface area contributed by atoms with Gasteiger partial charge >= 0.3 is 17.1 Å². The van der Waals surface area contributed by atoms with E-state index in [-0.39, 0.29) is 66.7 Å². The molecule has 0 spiro atoms. The molecular weight excluding hydrogens is 550 g/mol. The summed E-state index contributed by atoms with van der Waals surface area (Å²) in [7, 11) is 0. The van der Waals surface area contributed by atoms with Gasteiger partial charge in [-0.2, -0.15) is 0 Å². The van der Waals surface area contributed by atoms with Gasteiger partial charge < -0.3 is 49.6 Å². The second-order valence-corrected chi connectivity index (χ2v) is 9.42. The van der Waals surface area contributed by atoms with Crippen molar-refractivity contribution in [1.29, 1.82) is 0 Å². The number of rotatable bonds is 6. The number of hydrogen-bond donors (Lipinski definition) is 0. The van der Waals surface area contributed by atoms with Crippen LogP contribution in [0.4, 0.5) is 0 Å². The van der Waals surface area contributed by atoms with Gasteiger partial charge in [0.15, 0.2) is 0 Å². The van der Waals surface area contributed by atoms with Gasteiger partial charge in [0.05, 0.1) is 0 Å². The van der Waals surface area contributed by atoms with Crippen LogP contribution in [0.2, 0.25) is 0 Å². The van der Waals surface area contributed by atoms with Crippen molar-refractivity contribution < 1.29 is 71.3 Å². The summed E-state index contributed by atoms with van der Waals surface area (Å²) in [5.74, 6) is 1.92. The maximum Gasteiger partial charge on any atom is 3.00 e. The topological polar surface area (TPSA) is 8.81 Å². The molecule has 0 aliphatic carbocycles. The zero-order valence-electron chi connectivity index (χ0n) is 21.3. The number of halogens is 4. The van der Waals surface area contributed by atoms with E-state index in [1.807, 2.05) is 0 Å². The molecule has 0 saturated carbocycles. The van der Waals surface area contributed by atoms with Gasteiger partial charge in [0, 0.05) is 22.3 Å². The van der Waals surface area contributed by atoms with Crippen LogP contribution in [-0.2, 0) is 17.1 Å². The van der Waals surface area contributed by atoms with Crippen molar-refractivity contribution in [2.45, 2.75) is 79.1 Å². The smallest absolute Gasteiger partial charge is 1.00 e. The van der Waals surface area contributed by atoms with Gasteiger partial charge in [-0.1, -0.05) is 91.8 Å². The molecule has 0 aliphatic rings. The molecule has 1 heterocycles. The van der Waals surface area contributed by atoms with Crippen LogP contribution in [0, 0.1) is 0 Å². The van der Waals surface area contributed by atoms with Crippen molar-refractivity contribution in [3.63, 3.8) is 0 Å². The summed E-state index contributed by atoms with van der Waals surface area (Å²) in [4.78, 5) is 0. The first kappa shape index (κ1) is 37.9. The van der Waals surface area contributed by atoms with Crippen molar-refractivity contribution in [3.8, 4) is 11.4 Å². The van der Waals surface area contributed by atoms with Crippen molar-refractivity contribution >= 4 is 0 Å².